The van der Waals surface area contributed by atoms with Gasteiger partial charge in [0.25, 0.3) is 0 Å². The number of rotatable bonds is 6. The molecule has 2 aliphatic rings. The quantitative estimate of drug-likeness (QED) is 0.799. The van der Waals surface area contributed by atoms with Crippen molar-refractivity contribution < 1.29 is 9.47 Å². The highest BCUT2D eigenvalue weighted by Gasteiger charge is 2.34. The minimum absolute atomic E-state index is 0.324. The Balaban J connectivity index is 1.87. The van der Waals surface area contributed by atoms with E-state index in [4.69, 9.17) is 15.2 Å². The van der Waals surface area contributed by atoms with Gasteiger partial charge in [-0.3, -0.25) is 4.90 Å². The number of nitrogens with zero attached hydrogens (tertiary/aromatic N) is 1. The lowest BCUT2D eigenvalue weighted by Crippen LogP contribution is -2.53. The molecule has 2 fully saturated rings. The van der Waals surface area contributed by atoms with Crippen LogP contribution in [0.15, 0.2) is 0 Å². The van der Waals surface area contributed by atoms with Crippen LogP contribution in [0.3, 0.4) is 0 Å². The van der Waals surface area contributed by atoms with Crippen molar-refractivity contribution in [2.75, 3.05) is 26.2 Å². The maximum absolute atomic E-state index is 6.02. The summed E-state index contributed by atoms with van der Waals surface area (Å²) >= 11 is 0. The predicted molar refractivity (Wildman–Crippen MR) is 77.2 cm³/mol. The zero-order valence-electron chi connectivity index (χ0n) is 12.5. The van der Waals surface area contributed by atoms with Crippen LogP contribution in [0.25, 0.3) is 0 Å². The van der Waals surface area contributed by atoms with Crippen molar-refractivity contribution in [3.8, 4) is 0 Å². The number of hydrogen-bond donors (Lipinski definition) is 1. The molecule has 112 valence electrons. The zero-order chi connectivity index (χ0) is 13.7. The minimum atomic E-state index is 0.324. The molecule has 0 aromatic carbocycles. The van der Waals surface area contributed by atoms with E-state index in [-0.39, 0.29) is 0 Å². The molecule has 0 amide bonds. The van der Waals surface area contributed by atoms with Crippen LogP contribution in [0.1, 0.15) is 46.0 Å². The number of piperidine rings is 1. The summed E-state index contributed by atoms with van der Waals surface area (Å²) in [7, 11) is 0. The Hall–Kier alpha value is -0.160. The third-order valence-electron chi connectivity index (χ3n) is 4.37. The van der Waals surface area contributed by atoms with Crippen molar-refractivity contribution in [1.82, 2.24) is 4.90 Å². The van der Waals surface area contributed by atoms with Crippen LogP contribution in [0, 0.1) is 0 Å². The first-order valence-electron chi connectivity index (χ1n) is 7.95. The van der Waals surface area contributed by atoms with Gasteiger partial charge in [0.1, 0.15) is 0 Å². The lowest BCUT2D eigenvalue weighted by Gasteiger charge is -2.40. The molecule has 2 rings (SSSR count). The summed E-state index contributed by atoms with van der Waals surface area (Å²) in [6.45, 7) is 8.06. The first kappa shape index (κ1) is 15.2. The van der Waals surface area contributed by atoms with Gasteiger partial charge < -0.3 is 15.2 Å². The van der Waals surface area contributed by atoms with Crippen LogP contribution in [0.4, 0.5) is 0 Å². The number of ether oxygens (including phenoxy) is 2. The lowest BCUT2D eigenvalue weighted by molar-refractivity contribution is -0.0489. The average Bonchev–Trinajstić information content (AvgIpc) is 2.84. The second-order valence-electron chi connectivity index (χ2n) is 6.00. The van der Waals surface area contributed by atoms with Gasteiger partial charge in [-0.25, -0.2) is 0 Å². The van der Waals surface area contributed by atoms with Crippen LogP contribution >= 0.6 is 0 Å². The Labute approximate surface area is 117 Å². The summed E-state index contributed by atoms with van der Waals surface area (Å²) in [5, 5.41) is 0. The van der Waals surface area contributed by atoms with Crippen LogP contribution in [0.2, 0.25) is 0 Å². The minimum Gasteiger partial charge on any atom is -0.377 e. The van der Waals surface area contributed by atoms with Crippen LogP contribution < -0.4 is 5.73 Å². The van der Waals surface area contributed by atoms with E-state index in [9.17, 15) is 0 Å². The highest BCUT2D eigenvalue weighted by atomic mass is 16.5. The Kier molecular flexibility index (Phi) is 6.07. The van der Waals surface area contributed by atoms with Gasteiger partial charge in [-0.15, -0.1) is 0 Å². The van der Waals surface area contributed by atoms with Gasteiger partial charge >= 0.3 is 0 Å². The second kappa shape index (κ2) is 7.58. The molecule has 2 heterocycles. The first-order valence-corrected chi connectivity index (χ1v) is 7.95. The number of nitrogens with two attached hydrogens (primary N) is 1. The van der Waals surface area contributed by atoms with Gasteiger partial charge in [0.2, 0.25) is 0 Å². The van der Waals surface area contributed by atoms with E-state index >= 15 is 0 Å². The van der Waals surface area contributed by atoms with E-state index in [0.717, 1.165) is 32.5 Å². The highest BCUT2D eigenvalue weighted by molar-refractivity contribution is 4.88. The molecule has 0 spiro atoms. The maximum atomic E-state index is 6.02. The molecule has 4 heteroatoms. The van der Waals surface area contributed by atoms with Crippen LogP contribution in [-0.2, 0) is 9.47 Å². The molecule has 4 unspecified atom stereocenters. The molecule has 4 atom stereocenters. The molecule has 0 aliphatic carbocycles. The molecule has 0 bridgehead atoms. The predicted octanol–water partition coefficient (Wildman–Crippen LogP) is 1.77. The van der Waals surface area contributed by atoms with Crippen molar-refractivity contribution in [2.45, 2.75) is 70.3 Å². The Morgan fingerprint density at radius 3 is 2.84 bits per heavy atom. The summed E-state index contributed by atoms with van der Waals surface area (Å²) in [6, 6.07) is 0.373. The van der Waals surface area contributed by atoms with E-state index < -0.39 is 0 Å². The molecule has 0 radical (unpaired) electrons. The number of hydrogen-bond acceptors (Lipinski definition) is 4. The van der Waals surface area contributed by atoms with E-state index in [1.807, 2.05) is 0 Å². The summed E-state index contributed by atoms with van der Waals surface area (Å²) < 4.78 is 11.9. The number of likely N-dealkylation sites (tertiary alicyclic amines) is 1. The van der Waals surface area contributed by atoms with E-state index in [2.05, 4.69) is 18.7 Å². The van der Waals surface area contributed by atoms with Crippen molar-refractivity contribution in [2.24, 2.45) is 5.73 Å². The fourth-order valence-corrected chi connectivity index (χ4v) is 3.34. The Morgan fingerprint density at radius 1 is 1.37 bits per heavy atom. The standard InChI is InChI=1S/C15H30N2O2/c1-3-9-18-13-5-4-8-17(11-13)14(10-16)15-7-6-12(2)19-15/h12-15H,3-11,16H2,1-2H3. The van der Waals surface area contributed by atoms with Gasteiger partial charge in [-0.05, 0) is 45.6 Å². The summed E-state index contributed by atoms with van der Waals surface area (Å²) in [5.74, 6) is 0. The van der Waals surface area contributed by atoms with E-state index in [1.165, 1.54) is 19.3 Å². The normalized spacial score (nSPS) is 34.6. The molecular formula is C15H30N2O2. The van der Waals surface area contributed by atoms with Gasteiger partial charge in [0.15, 0.2) is 0 Å². The monoisotopic (exact) mass is 270 g/mol. The maximum Gasteiger partial charge on any atom is 0.0747 e. The molecule has 4 nitrogen and oxygen atoms in total. The average molecular weight is 270 g/mol. The Morgan fingerprint density at radius 2 is 2.21 bits per heavy atom. The fraction of sp³-hybridized carbons (Fsp3) is 1.00. The third kappa shape index (κ3) is 4.15. The van der Waals surface area contributed by atoms with Crippen molar-refractivity contribution in [3.05, 3.63) is 0 Å². The van der Waals surface area contributed by atoms with Gasteiger partial charge in [0.05, 0.1) is 18.3 Å². The fourth-order valence-electron chi connectivity index (χ4n) is 3.34. The SMILES string of the molecule is CCCOC1CCCN(C(CN)C2CCC(C)O2)C1. The molecule has 0 aromatic heterocycles. The van der Waals surface area contributed by atoms with Gasteiger partial charge in [-0.2, -0.15) is 0 Å². The molecule has 2 N–H and O–H groups in total. The molecule has 0 saturated carbocycles. The Bertz CT molecular complexity index is 263. The first-order chi connectivity index (χ1) is 9.24. The van der Waals surface area contributed by atoms with Crippen molar-refractivity contribution in [1.29, 1.82) is 0 Å². The summed E-state index contributed by atoms with van der Waals surface area (Å²) in [4.78, 5) is 2.51. The van der Waals surface area contributed by atoms with Gasteiger partial charge in [0, 0.05) is 25.7 Å². The molecule has 19 heavy (non-hydrogen) atoms. The second-order valence-corrected chi connectivity index (χ2v) is 6.00. The van der Waals surface area contributed by atoms with Crippen molar-refractivity contribution >= 4 is 0 Å². The van der Waals surface area contributed by atoms with E-state index in [1.54, 1.807) is 0 Å². The van der Waals surface area contributed by atoms with Crippen LogP contribution in [0.5, 0.6) is 0 Å². The lowest BCUT2D eigenvalue weighted by atomic mass is 10.0. The summed E-state index contributed by atoms with van der Waals surface area (Å²) in [5.41, 5.74) is 6.01. The molecule has 2 saturated heterocycles. The smallest absolute Gasteiger partial charge is 0.0747 e. The van der Waals surface area contributed by atoms with E-state index in [0.29, 0.717) is 30.9 Å². The third-order valence-corrected chi connectivity index (χ3v) is 4.37. The van der Waals surface area contributed by atoms with Gasteiger partial charge in [-0.1, -0.05) is 6.92 Å². The summed E-state index contributed by atoms with van der Waals surface area (Å²) in [6.07, 6.45) is 6.94. The zero-order valence-corrected chi connectivity index (χ0v) is 12.5. The largest absolute Gasteiger partial charge is 0.377 e. The van der Waals surface area contributed by atoms with Crippen molar-refractivity contribution in [3.63, 3.8) is 0 Å². The molecule has 0 aromatic rings. The molecular weight excluding hydrogens is 240 g/mol. The highest BCUT2D eigenvalue weighted by Crippen LogP contribution is 2.26. The topological polar surface area (TPSA) is 47.7 Å². The van der Waals surface area contributed by atoms with Crippen LogP contribution in [-0.4, -0.2) is 55.5 Å². The molecule has 2 aliphatic heterocycles.